The fraction of sp³-hybridized carbons (Fsp3) is 0.467. The van der Waals surface area contributed by atoms with Crippen LogP contribution < -0.4 is 11.1 Å². The highest BCUT2D eigenvalue weighted by atomic mass is 16.4. The molecule has 1 unspecified atom stereocenters. The second kappa shape index (κ2) is 7.53. The van der Waals surface area contributed by atoms with Gasteiger partial charge in [-0.3, -0.25) is 4.79 Å². The lowest BCUT2D eigenvalue weighted by Crippen LogP contribution is -2.42. The minimum Gasteiger partial charge on any atom is -0.409 e. The summed E-state index contributed by atoms with van der Waals surface area (Å²) in [6.45, 7) is 6.30. The van der Waals surface area contributed by atoms with E-state index in [0.717, 1.165) is 6.42 Å². The number of hydrogen-bond acceptors (Lipinski definition) is 3. The van der Waals surface area contributed by atoms with Crippen molar-refractivity contribution in [1.29, 1.82) is 0 Å². The van der Waals surface area contributed by atoms with Crippen molar-refractivity contribution in [1.82, 2.24) is 5.32 Å². The highest BCUT2D eigenvalue weighted by Gasteiger charge is 2.26. The lowest BCUT2D eigenvalue weighted by Gasteiger charge is -2.18. The molecule has 5 heteroatoms. The Balaban J connectivity index is 2.54. The van der Waals surface area contributed by atoms with Gasteiger partial charge in [-0.2, -0.15) is 0 Å². The number of nitrogens with zero attached hydrogens (tertiary/aromatic N) is 1. The van der Waals surface area contributed by atoms with Crippen LogP contribution in [0.2, 0.25) is 0 Å². The summed E-state index contributed by atoms with van der Waals surface area (Å²) in [7, 11) is 0. The van der Waals surface area contributed by atoms with Crippen molar-refractivity contribution in [3.63, 3.8) is 0 Å². The Morgan fingerprint density at radius 1 is 1.45 bits per heavy atom. The third-order valence-electron chi connectivity index (χ3n) is 3.18. The lowest BCUT2D eigenvalue weighted by atomic mass is 9.94. The minimum absolute atomic E-state index is 0.0233. The third kappa shape index (κ3) is 4.57. The van der Waals surface area contributed by atoms with Gasteiger partial charge in [0.25, 0.3) is 0 Å². The number of carbonyl (C=O) groups is 1. The monoisotopic (exact) mass is 277 g/mol. The maximum atomic E-state index is 12.1. The molecule has 0 radical (unpaired) electrons. The molecule has 1 amide bonds. The summed E-state index contributed by atoms with van der Waals surface area (Å²) in [5.74, 6) is -0.876. The molecule has 1 atom stereocenters. The van der Waals surface area contributed by atoms with E-state index >= 15 is 0 Å². The quantitative estimate of drug-likeness (QED) is 0.320. The highest BCUT2D eigenvalue weighted by Crippen LogP contribution is 2.11. The van der Waals surface area contributed by atoms with Crippen molar-refractivity contribution in [3.05, 3.63) is 35.4 Å². The standard InChI is InChI=1S/C15H23N3O2/c1-10(2)13(14(16)18-20)15(19)17-8-7-12-6-4-5-11(3)9-12/h4-6,9-10,13,20H,7-8H2,1-3H3,(H2,16,18)(H,17,19). The Bertz CT molecular complexity index is 484. The number of rotatable bonds is 6. The molecule has 0 spiro atoms. The van der Waals surface area contributed by atoms with Crippen LogP contribution in [0.15, 0.2) is 29.4 Å². The first-order chi connectivity index (χ1) is 9.45. The number of nitrogens with one attached hydrogen (secondary N) is 1. The molecule has 20 heavy (non-hydrogen) atoms. The van der Waals surface area contributed by atoms with Gasteiger partial charge in [0.05, 0.1) is 0 Å². The van der Waals surface area contributed by atoms with E-state index in [1.165, 1.54) is 11.1 Å². The molecule has 1 rings (SSSR count). The zero-order valence-electron chi connectivity index (χ0n) is 12.3. The van der Waals surface area contributed by atoms with Crippen LogP contribution in [-0.4, -0.2) is 23.5 Å². The number of amidine groups is 1. The van der Waals surface area contributed by atoms with Gasteiger partial charge in [0.1, 0.15) is 5.92 Å². The summed E-state index contributed by atoms with van der Waals surface area (Å²) in [6.07, 6.45) is 0.758. The van der Waals surface area contributed by atoms with Crippen LogP contribution in [0, 0.1) is 18.8 Å². The number of hydrogen-bond donors (Lipinski definition) is 3. The van der Waals surface area contributed by atoms with Crippen LogP contribution in [0.1, 0.15) is 25.0 Å². The van der Waals surface area contributed by atoms with Crippen LogP contribution in [-0.2, 0) is 11.2 Å². The number of oxime groups is 1. The molecule has 0 aliphatic carbocycles. The summed E-state index contributed by atoms with van der Waals surface area (Å²) < 4.78 is 0. The predicted molar refractivity (Wildman–Crippen MR) is 79.6 cm³/mol. The van der Waals surface area contributed by atoms with Crippen LogP contribution in [0.5, 0.6) is 0 Å². The zero-order chi connectivity index (χ0) is 15.1. The Kier molecular flexibility index (Phi) is 6.03. The average Bonchev–Trinajstić information content (AvgIpc) is 2.38. The SMILES string of the molecule is Cc1cccc(CCNC(=O)C(C(N)=NO)C(C)C)c1. The van der Waals surface area contributed by atoms with Crippen molar-refractivity contribution in [2.24, 2.45) is 22.7 Å². The molecule has 0 aliphatic rings. The molecule has 4 N–H and O–H groups in total. The Morgan fingerprint density at radius 2 is 2.15 bits per heavy atom. The van der Waals surface area contributed by atoms with Crippen LogP contribution in [0.25, 0.3) is 0 Å². The van der Waals surface area contributed by atoms with E-state index in [9.17, 15) is 4.79 Å². The Hall–Kier alpha value is -2.04. The summed E-state index contributed by atoms with van der Waals surface area (Å²) in [5, 5.41) is 14.5. The van der Waals surface area contributed by atoms with Gasteiger partial charge in [-0.25, -0.2) is 0 Å². The van der Waals surface area contributed by atoms with E-state index in [1.54, 1.807) is 0 Å². The van der Waals surface area contributed by atoms with Gasteiger partial charge >= 0.3 is 0 Å². The van der Waals surface area contributed by atoms with Gasteiger partial charge in [-0.1, -0.05) is 48.8 Å². The smallest absolute Gasteiger partial charge is 0.231 e. The van der Waals surface area contributed by atoms with E-state index in [4.69, 9.17) is 10.9 Å². The maximum Gasteiger partial charge on any atom is 0.231 e. The summed E-state index contributed by atoms with van der Waals surface area (Å²) in [4.78, 5) is 12.1. The molecule has 0 fully saturated rings. The van der Waals surface area contributed by atoms with Crippen molar-refractivity contribution in [3.8, 4) is 0 Å². The molecule has 0 saturated carbocycles. The van der Waals surface area contributed by atoms with Gasteiger partial charge in [0.15, 0.2) is 5.84 Å². The second-order valence-corrected chi connectivity index (χ2v) is 5.28. The number of amides is 1. The summed E-state index contributed by atoms with van der Waals surface area (Å²) >= 11 is 0. The van der Waals surface area contributed by atoms with E-state index in [1.807, 2.05) is 39.0 Å². The van der Waals surface area contributed by atoms with Crippen molar-refractivity contribution in [2.45, 2.75) is 27.2 Å². The van der Waals surface area contributed by atoms with E-state index in [-0.39, 0.29) is 17.7 Å². The number of nitrogens with two attached hydrogens (primary N) is 1. The van der Waals surface area contributed by atoms with Gasteiger partial charge in [-0.05, 0) is 24.8 Å². The van der Waals surface area contributed by atoms with Gasteiger partial charge in [0, 0.05) is 6.54 Å². The average molecular weight is 277 g/mol. The third-order valence-corrected chi connectivity index (χ3v) is 3.18. The second-order valence-electron chi connectivity index (χ2n) is 5.28. The summed E-state index contributed by atoms with van der Waals surface area (Å²) in [5.41, 5.74) is 7.94. The van der Waals surface area contributed by atoms with Gasteiger partial charge in [-0.15, -0.1) is 0 Å². The largest absolute Gasteiger partial charge is 0.409 e. The van der Waals surface area contributed by atoms with Crippen LogP contribution in [0.3, 0.4) is 0 Å². The summed E-state index contributed by atoms with van der Waals surface area (Å²) in [6, 6.07) is 8.16. The Morgan fingerprint density at radius 3 is 2.70 bits per heavy atom. The number of aryl methyl sites for hydroxylation is 1. The fourth-order valence-corrected chi connectivity index (χ4v) is 2.15. The molecular formula is C15H23N3O2. The van der Waals surface area contributed by atoms with Gasteiger partial charge < -0.3 is 16.3 Å². The normalized spacial score (nSPS) is 13.3. The van der Waals surface area contributed by atoms with E-state index in [2.05, 4.69) is 16.5 Å². The van der Waals surface area contributed by atoms with Gasteiger partial charge in [0.2, 0.25) is 5.91 Å². The van der Waals surface area contributed by atoms with E-state index < -0.39 is 5.92 Å². The fourth-order valence-electron chi connectivity index (χ4n) is 2.15. The van der Waals surface area contributed by atoms with E-state index in [0.29, 0.717) is 6.54 Å². The van der Waals surface area contributed by atoms with Crippen molar-refractivity contribution < 1.29 is 10.0 Å². The maximum absolute atomic E-state index is 12.1. The molecule has 1 aromatic rings. The number of benzene rings is 1. The van der Waals surface area contributed by atoms with Crippen molar-refractivity contribution in [2.75, 3.05) is 6.54 Å². The molecule has 1 aromatic carbocycles. The Labute approximate surface area is 119 Å². The molecule has 110 valence electrons. The molecule has 0 aliphatic heterocycles. The first kappa shape index (κ1) is 16.0. The topological polar surface area (TPSA) is 87.7 Å². The zero-order valence-corrected chi connectivity index (χ0v) is 12.3. The number of carbonyl (C=O) groups excluding carboxylic acids is 1. The first-order valence-corrected chi connectivity index (χ1v) is 6.76. The first-order valence-electron chi connectivity index (χ1n) is 6.76. The van der Waals surface area contributed by atoms with Crippen LogP contribution >= 0.6 is 0 Å². The molecule has 5 nitrogen and oxygen atoms in total. The van der Waals surface area contributed by atoms with Crippen molar-refractivity contribution >= 4 is 11.7 Å². The highest BCUT2D eigenvalue weighted by molar-refractivity contribution is 6.02. The molecule has 0 heterocycles. The molecule has 0 bridgehead atoms. The predicted octanol–water partition coefficient (Wildman–Crippen LogP) is 1.67. The molecular weight excluding hydrogens is 254 g/mol. The minimum atomic E-state index is -0.600. The lowest BCUT2D eigenvalue weighted by molar-refractivity contribution is -0.124. The molecule has 0 aromatic heterocycles. The molecule has 0 saturated heterocycles. The van der Waals surface area contributed by atoms with Crippen LogP contribution in [0.4, 0.5) is 0 Å².